The first-order valence-electron chi connectivity index (χ1n) is 5.84. The van der Waals surface area contributed by atoms with Crippen LogP contribution in [-0.2, 0) is 6.42 Å². The van der Waals surface area contributed by atoms with Crippen molar-refractivity contribution in [3.63, 3.8) is 0 Å². The molecule has 1 atom stereocenters. The van der Waals surface area contributed by atoms with Crippen molar-refractivity contribution in [3.05, 3.63) is 64.6 Å². The van der Waals surface area contributed by atoms with E-state index in [1.54, 1.807) is 0 Å². The molecule has 0 aromatic heterocycles. The van der Waals surface area contributed by atoms with Crippen LogP contribution in [0.25, 0.3) is 0 Å². The quantitative estimate of drug-likeness (QED) is 0.917. The molecule has 0 aliphatic rings. The third-order valence-electron chi connectivity index (χ3n) is 2.57. The van der Waals surface area contributed by atoms with Gasteiger partial charge in [-0.2, -0.15) is 0 Å². The van der Waals surface area contributed by atoms with E-state index in [9.17, 15) is 5.11 Å². The lowest BCUT2D eigenvalue weighted by Gasteiger charge is -2.12. The van der Waals surface area contributed by atoms with Crippen LogP contribution >= 0.6 is 15.9 Å². The molecule has 0 amide bonds. The second-order valence-corrected chi connectivity index (χ2v) is 5.02. The van der Waals surface area contributed by atoms with Crippen molar-refractivity contribution >= 4 is 15.9 Å². The third kappa shape index (κ3) is 4.17. The van der Waals surface area contributed by atoms with Crippen LogP contribution in [0.2, 0.25) is 0 Å². The maximum atomic E-state index is 9.90. The van der Waals surface area contributed by atoms with E-state index in [0.29, 0.717) is 13.0 Å². The number of ether oxygens (including phenoxy) is 1. The predicted molar refractivity (Wildman–Crippen MR) is 75.8 cm³/mol. The molecule has 1 unspecified atom stereocenters. The molecule has 0 fully saturated rings. The average Bonchev–Trinajstić information content (AvgIpc) is 2.40. The Morgan fingerprint density at radius 3 is 2.33 bits per heavy atom. The lowest BCUT2D eigenvalue weighted by molar-refractivity contribution is 0.108. The Bertz CT molecular complexity index is 468. The fraction of sp³-hybridized carbons (Fsp3) is 0.200. The van der Waals surface area contributed by atoms with Crippen LogP contribution in [0.15, 0.2) is 59.1 Å². The summed E-state index contributed by atoms with van der Waals surface area (Å²) in [5, 5.41) is 9.90. The van der Waals surface area contributed by atoms with Gasteiger partial charge in [0.1, 0.15) is 12.4 Å². The van der Waals surface area contributed by atoms with Crippen molar-refractivity contribution in [1.29, 1.82) is 0 Å². The highest BCUT2D eigenvalue weighted by Crippen LogP contribution is 2.13. The van der Waals surface area contributed by atoms with Crippen LogP contribution in [0.3, 0.4) is 0 Å². The van der Waals surface area contributed by atoms with Crippen molar-refractivity contribution in [3.8, 4) is 5.75 Å². The zero-order chi connectivity index (χ0) is 12.8. The molecule has 0 bridgehead atoms. The lowest BCUT2D eigenvalue weighted by Crippen LogP contribution is -2.20. The zero-order valence-corrected chi connectivity index (χ0v) is 11.5. The van der Waals surface area contributed by atoms with Gasteiger partial charge in [-0.05, 0) is 29.8 Å². The molecule has 0 heterocycles. The second kappa shape index (κ2) is 6.57. The Morgan fingerprint density at radius 2 is 1.67 bits per heavy atom. The minimum absolute atomic E-state index is 0.306. The molecule has 0 aliphatic heterocycles. The summed E-state index contributed by atoms with van der Waals surface area (Å²) in [6.45, 7) is 0.306. The first kappa shape index (κ1) is 13.1. The molecule has 2 nitrogen and oxygen atoms in total. The van der Waals surface area contributed by atoms with E-state index in [-0.39, 0.29) is 0 Å². The van der Waals surface area contributed by atoms with E-state index in [4.69, 9.17) is 4.74 Å². The van der Waals surface area contributed by atoms with E-state index >= 15 is 0 Å². The van der Waals surface area contributed by atoms with E-state index in [2.05, 4.69) is 15.9 Å². The molecule has 2 aromatic rings. The first-order valence-corrected chi connectivity index (χ1v) is 6.64. The Morgan fingerprint density at radius 1 is 1.00 bits per heavy atom. The number of hydrogen-bond donors (Lipinski definition) is 1. The summed E-state index contributed by atoms with van der Waals surface area (Å²) in [6, 6.07) is 17.5. The summed E-state index contributed by atoms with van der Waals surface area (Å²) in [4.78, 5) is 0. The smallest absolute Gasteiger partial charge is 0.119 e. The fourth-order valence-corrected chi connectivity index (χ4v) is 1.92. The second-order valence-electron chi connectivity index (χ2n) is 4.11. The van der Waals surface area contributed by atoms with Gasteiger partial charge >= 0.3 is 0 Å². The Labute approximate surface area is 115 Å². The number of benzene rings is 2. The SMILES string of the molecule is OC(COc1ccccc1)Cc1ccc(Br)cc1. The van der Waals surface area contributed by atoms with E-state index in [1.807, 2.05) is 54.6 Å². The highest BCUT2D eigenvalue weighted by atomic mass is 79.9. The Balaban J connectivity index is 1.82. The molecule has 18 heavy (non-hydrogen) atoms. The minimum Gasteiger partial charge on any atom is -0.491 e. The van der Waals surface area contributed by atoms with Crippen molar-refractivity contribution in [1.82, 2.24) is 0 Å². The molecule has 0 saturated heterocycles. The van der Waals surface area contributed by atoms with Crippen molar-refractivity contribution in [2.45, 2.75) is 12.5 Å². The number of rotatable bonds is 5. The normalized spacial score (nSPS) is 12.1. The fourth-order valence-electron chi connectivity index (χ4n) is 1.66. The summed E-state index contributed by atoms with van der Waals surface area (Å²) < 4.78 is 6.55. The van der Waals surface area contributed by atoms with Crippen molar-refractivity contribution < 1.29 is 9.84 Å². The molecule has 94 valence electrons. The number of aliphatic hydroxyl groups excluding tert-OH is 1. The van der Waals surface area contributed by atoms with Crippen LogP contribution in [0.5, 0.6) is 5.75 Å². The molecule has 2 aromatic carbocycles. The van der Waals surface area contributed by atoms with Crippen molar-refractivity contribution in [2.24, 2.45) is 0 Å². The average molecular weight is 307 g/mol. The van der Waals surface area contributed by atoms with Crippen LogP contribution < -0.4 is 4.74 Å². The van der Waals surface area contributed by atoms with Gasteiger partial charge in [-0.1, -0.05) is 46.3 Å². The number of hydrogen-bond acceptors (Lipinski definition) is 2. The third-order valence-corrected chi connectivity index (χ3v) is 3.10. The van der Waals surface area contributed by atoms with Crippen LogP contribution in [0.4, 0.5) is 0 Å². The summed E-state index contributed by atoms with van der Waals surface area (Å²) >= 11 is 3.39. The zero-order valence-electron chi connectivity index (χ0n) is 9.92. The molecule has 0 aliphatic carbocycles. The van der Waals surface area contributed by atoms with Gasteiger partial charge in [0, 0.05) is 10.9 Å². The maximum absolute atomic E-state index is 9.90. The predicted octanol–water partition coefficient (Wildman–Crippen LogP) is 3.43. The monoisotopic (exact) mass is 306 g/mol. The molecular formula is C15H15BrO2. The van der Waals surface area contributed by atoms with Crippen LogP contribution in [-0.4, -0.2) is 17.8 Å². The molecule has 2 rings (SSSR count). The Hall–Kier alpha value is -1.32. The van der Waals surface area contributed by atoms with E-state index in [1.165, 1.54) is 0 Å². The highest BCUT2D eigenvalue weighted by Gasteiger charge is 2.06. The van der Waals surface area contributed by atoms with Gasteiger partial charge in [0.2, 0.25) is 0 Å². The van der Waals surface area contributed by atoms with E-state index in [0.717, 1.165) is 15.8 Å². The number of halogens is 1. The topological polar surface area (TPSA) is 29.5 Å². The van der Waals surface area contributed by atoms with E-state index < -0.39 is 6.10 Å². The Kier molecular flexibility index (Phi) is 4.79. The van der Waals surface area contributed by atoms with Gasteiger partial charge in [-0.3, -0.25) is 0 Å². The standard InChI is InChI=1S/C15H15BrO2/c16-13-8-6-12(7-9-13)10-14(17)11-18-15-4-2-1-3-5-15/h1-9,14,17H,10-11H2. The summed E-state index contributed by atoms with van der Waals surface area (Å²) in [6.07, 6.45) is 0.103. The van der Waals surface area contributed by atoms with Gasteiger partial charge in [0.15, 0.2) is 0 Å². The van der Waals surface area contributed by atoms with Gasteiger partial charge < -0.3 is 9.84 Å². The molecule has 0 spiro atoms. The number of para-hydroxylation sites is 1. The molecule has 0 saturated carbocycles. The van der Waals surface area contributed by atoms with Gasteiger partial charge in [0.05, 0.1) is 6.10 Å². The van der Waals surface area contributed by atoms with Gasteiger partial charge in [0.25, 0.3) is 0 Å². The summed E-state index contributed by atoms with van der Waals surface area (Å²) in [7, 11) is 0. The van der Waals surface area contributed by atoms with Crippen LogP contribution in [0.1, 0.15) is 5.56 Å². The first-order chi connectivity index (χ1) is 8.74. The molecule has 1 N–H and O–H groups in total. The van der Waals surface area contributed by atoms with Gasteiger partial charge in [-0.25, -0.2) is 0 Å². The summed E-state index contributed by atoms with van der Waals surface area (Å²) in [5.41, 5.74) is 1.10. The molecule has 0 radical (unpaired) electrons. The van der Waals surface area contributed by atoms with Gasteiger partial charge in [-0.15, -0.1) is 0 Å². The number of aliphatic hydroxyl groups is 1. The minimum atomic E-state index is -0.494. The van der Waals surface area contributed by atoms with Crippen molar-refractivity contribution in [2.75, 3.05) is 6.61 Å². The molecular weight excluding hydrogens is 292 g/mol. The maximum Gasteiger partial charge on any atom is 0.119 e. The highest BCUT2D eigenvalue weighted by molar-refractivity contribution is 9.10. The molecule has 3 heteroatoms. The summed E-state index contributed by atoms with van der Waals surface area (Å²) in [5.74, 6) is 0.785. The lowest BCUT2D eigenvalue weighted by atomic mass is 10.1. The van der Waals surface area contributed by atoms with Crippen LogP contribution in [0, 0.1) is 0 Å². The largest absolute Gasteiger partial charge is 0.491 e.